The quantitative estimate of drug-likeness (QED) is 0.658. The molecule has 0 bridgehead atoms. The van der Waals surface area contributed by atoms with Gasteiger partial charge in [-0.2, -0.15) is 0 Å². The van der Waals surface area contributed by atoms with E-state index in [1.165, 1.54) is 22.3 Å². The summed E-state index contributed by atoms with van der Waals surface area (Å²) < 4.78 is 6.41. The van der Waals surface area contributed by atoms with Crippen LogP contribution in [0.2, 0.25) is 0 Å². The van der Waals surface area contributed by atoms with Crippen molar-refractivity contribution >= 4 is 27.5 Å². The number of fused-ring (bicyclic) bond motifs is 3. The number of hydrogen-bond donors (Lipinski definition) is 1. The Balaban J connectivity index is 1.51. The van der Waals surface area contributed by atoms with Gasteiger partial charge in [0.1, 0.15) is 10.6 Å². The molecule has 1 saturated carbocycles. The molecule has 1 aliphatic carbocycles. The van der Waals surface area contributed by atoms with E-state index >= 15 is 0 Å². The van der Waals surface area contributed by atoms with Crippen LogP contribution in [0.25, 0.3) is 15.9 Å². The second kappa shape index (κ2) is 8.24. The number of aromatic amines is 1. The number of benzene rings is 1. The minimum Gasteiger partial charge on any atom is -0.497 e. The number of carbonyl (C=O) groups excluding carboxylic acids is 1. The predicted octanol–water partition coefficient (Wildman–Crippen LogP) is 3.46. The Morgan fingerprint density at radius 2 is 2.09 bits per heavy atom. The molecule has 168 valence electrons. The van der Waals surface area contributed by atoms with Gasteiger partial charge in [0.2, 0.25) is 5.91 Å². The molecule has 8 heteroatoms. The Labute approximate surface area is 189 Å². The summed E-state index contributed by atoms with van der Waals surface area (Å²) in [6.07, 6.45) is 4.88. The lowest BCUT2D eigenvalue weighted by Gasteiger charge is -2.33. The normalized spacial score (nSPS) is 20.9. The smallest absolute Gasteiger partial charge is 0.334 e. The molecule has 2 aliphatic rings. The monoisotopic (exact) mass is 453 g/mol. The second-order valence-electron chi connectivity index (χ2n) is 8.96. The van der Waals surface area contributed by atoms with Crippen LogP contribution in [0.4, 0.5) is 0 Å². The third-order valence-corrected chi connectivity index (χ3v) is 7.94. The lowest BCUT2D eigenvalue weighted by atomic mass is 9.81. The highest BCUT2D eigenvalue weighted by atomic mass is 32.1. The standard InChI is InChI=1S/C24H27N3O4S/c1-14-5-3-6-15(11-14)22(28)26-10-9-18-19(13-26)32-21-20(18)23(29)27(24(30)25-21)16-7-4-8-17(12-16)31-2/h4,7-8,12,14-15H,3,5-6,9-11,13H2,1-2H3,(H,25,30). The van der Waals surface area contributed by atoms with E-state index in [0.29, 0.717) is 47.1 Å². The summed E-state index contributed by atoms with van der Waals surface area (Å²) in [6.45, 7) is 3.35. The predicted molar refractivity (Wildman–Crippen MR) is 125 cm³/mol. The van der Waals surface area contributed by atoms with Gasteiger partial charge in [-0.1, -0.05) is 25.8 Å². The van der Waals surface area contributed by atoms with Crippen LogP contribution < -0.4 is 16.0 Å². The second-order valence-corrected chi connectivity index (χ2v) is 10.1. The summed E-state index contributed by atoms with van der Waals surface area (Å²) in [4.78, 5) is 45.8. The molecule has 1 fully saturated rings. The van der Waals surface area contributed by atoms with Crippen LogP contribution in [0.1, 0.15) is 43.0 Å². The van der Waals surface area contributed by atoms with Crippen molar-refractivity contribution in [2.45, 2.75) is 45.6 Å². The first kappa shape index (κ1) is 21.0. The van der Waals surface area contributed by atoms with Gasteiger partial charge in [-0.3, -0.25) is 14.6 Å². The first-order valence-electron chi connectivity index (χ1n) is 11.2. The number of H-pyrrole nitrogens is 1. The van der Waals surface area contributed by atoms with E-state index in [2.05, 4.69) is 11.9 Å². The van der Waals surface area contributed by atoms with Crippen molar-refractivity contribution in [3.8, 4) is 11.4 Å². The fourth-order valence-electron chi connectivity index (χ4n) is 5.16. The maximum Gasteiger partial charge on any atom is 0.334 e. The molecule has 2 unspecified atom stereocenters. The molecular weight excluding hydrogens is 426 g/mol. The number of methoxy groups -OCH3 is 1. The molecule has 1 aromatic carbocycles. The molecule has 2 aromatic heterocycles. The van der Waals surface area contributed by atoms with E-state index in [1.807, 2.05) is 4.90 Å². The Morgan fingerprint density at radius 1 is 1.25 bits per heavy atom. The molecule has 2 atom stereocenters. The zero-order valence-electron chi connectivity index (χ0n) is 18.3. The molecule has 0 radical (unpaired) electrons. The maximum atomic E-state index is 13.4. The largest absolute Gasteiger partial charge is 0.497 e. The van der Waals surface area contributed by atoms with E-state index < -0.39 is 5.69 Å². The number of nitrogens with zero attached hydrogens (tertiary/aromatic N) is 2. The van der Waals surface area contributed by atoms with Crippen molar-refractivity contribution in [2.75, 3.05) is 13.7 Å². The average molecular weight is 454 g/mol. The van der Waals surface area contributed by atoms with E-state index in [4.69, 9.17) is 4.74 Å². The summed E-state index contributed by atoms with van der Waals surface area (Å²) >= 11 is 1.42. The lowest BCUT2D eigenvalue weighted by molar-refractivity contribution is -0.138. The summed E-state index contributed by atoms with van der Waals surface area (Å²) in [5.41, 5.74) is 0.634. The summed E-state index contributed by atoms with van der Waals surface area (Å²) in [7, 11) is 1.55. The molecule has 1 aliphatic heterocycles. The lowest BCUT2D eigenvalue weighted by Crippen LogP contribution is -2.41. The van der Waals surface area contributed by atoms with Crippen molar-refractivity contribution < 1.29 is 9.53 Å². The van der Waals surface area contributed by atoms with Gasteiger partial charge in [0.15, 0.2) is 0 Å². The molecule has 0 spiro atoms. The van der Waals surface area contributed by atoms with Gasteiger partial charge in [0.25, 0.3) is 5.56 Å². The first-order valence-corrected chi connectivity index (χ1v) is 12.0. The molecule has 32 heavy (non-hydrogen) atoms. The van der Waals surface area contributed by atoms with Crippen LogP contribution in [0.15, 0.2) is 33.9 Å². The number of ether oxygens (including phenoxy) is 1. The molecule has 5 rings (SSSR count). The van der Waals surface area contributed by atoms with E-state index in [9.17, 15) is 14.4 Å². The topological polar surface area (TPSA) is 84.4 Å². The van der Waals surface area contributed by atoms with Gasteiger partial charge in [-0.25, -0.2) is 9.36 Å². The fraction of sp³-hybridized carbons (Fsp3) is 0.458. The van der Waals surface area contributed by atoms with Crippen molar-refractivity contribution in [3.05, 3.63) is 55.5 Å². The molecular formula is C24H27N3O4S. The minimum atomic E-state index is -0.474. The van der Waals surface area contributed by atoms with Crippen molar-refractivity contribution in [1.82, 2.24) is 14.5 Å². The first-order chi connectivity index (χ1) is 15.5. The fourth-order valence-corrected chi connectivity index (χ4v) is 6.41. The molecule has 3 aromatic rings. The van der Waals surface area contributed by atoms with Crippen LogP contribution in [-0.4, -0.2) is 34.0 Å². The highest BCUT2D eigenvalue weighted by molar-refractivity contribution is 7.18. The van der Waals surface area contributed by atoms with Crippen LogP contribution >= 0.6 is 11.3 Å². The number of thiophene rings is 1. The maximum absolute atomic E-state index is 13.4. The van der Waals surface area contributed by atoms with Gasteiger partial charge in [0, 0.05) is 23.4 Å². The van der Waals surface area contributed by atoms with E-state index in [-0.39, 0.29) is 17.4 Å². The Kier molecular flexibility index (Phi) is 5.41. The number of nitrogens with one attached hydrogen (secondary N) is 1. The highest BCUT2D eigenvalue weighted by Crippen LogP contribution is 2.35. The van der Waals surface area contributed by atoms with Crippen LogP contribution in [0.5, 0.6) is 5.75 Å². The Bertz CT molecular complexity index is 1300. The van der Waals surface area contributed by atoms with Gasteiger partial charge in [0.05, 0.1) is 24.7 Å². The summed E-state index contributed by atoms with van der Waals surface area (Å²) in [6, 6.07) is 6.91. The Morgan fingerprint density at radius 3 is 2.88 bits per heavy atom. The number of rotatable bonds is 3. The minimum absolute atomic E-state index is 0.111. The molecule has 3 heterocycles. The van der Waals surface area contributed by atoms with E-state index in [0.717, 1.165) is 29.7 Å². The van der Waals surface area contributed by atoms with Crippen LogP contribution in [0, 0.1) is 11.8 Å². The highest BCUT2D eigenvalue weighted by Gasteiger charge is 2.32. The van der Waals surface area contributed by atoms with Crippen molar-refractivity contribution in [2.24, 2.45) is 11.8 Å². The molecule has 1 N–H and O–H groups in total. The van der Waals surface area contributed by atoms with Crippen LogP contribution in [0.3, 0.4) is 0 Å². The Hall–Kier alpha value is -2.87. The van der Waals surface area contributed by atoms with Gasteiger partial charge in [-0.05, 0) is 42.9 Å². The molecule has 7 nitrogen and oxygen atoms in total. The zero-order valence-corrected chi connectivity index (χ0v) is 19.2. The summed E-state index contributed by atoms with van der Waals surface area (Å²) in [5, 5.41) is 0.561. The van der Waals surface area contributed by atoms with Gasteiger partial charge in [-0.15, -0.1) is 11.3 Å². The van der Waals surface area contributed by atoms with Gasteiger partial charge < -0.3 is 9.64 Å². The number of amides is 1. The zero-order chi connectivity index (χ0) is 22.4. The molecule has 0 saturated heterocycles. The molecule has 1 amide bonds. The SMILES string of the molecule is COc1cccc(-n2c(=O)[nH]c3sc4c(c3c2=O)CCN(C(=O)C2CCCC(C)C2)C4)c1. The third-order valence-electron chi connectivity index (χ3n) is 6.81. The van der Waals surface area contributed by atoms with Crippen molar-refractivity contribution in [1.29, 1.82) is 0 Å². The number of carbonyl (C=O) groups is 1. The third kappa shape index (κ3) is 3.56. The average Bonchev–Trinajstić information content (AvgIpc) is 3.16. The number of hydrogen-bond acceptors (Lipinski definition) is 5. The summed E-state index contributed by atoms with van der Waals surface area (Å²) in [5.74, 6) is 1.52. The van der Waals surface area contributed by atoms with Gasteiger partial charge >= 0.3 is 5.69 Å². The number of aromatic nitrogens is 2. The van der Waals surface area contributed by atoms with E-state index in [1.54, 1.807) is 31.4 Å². The van der Waals surface area contributed by atoms with Crippen molar-refractivity contribution in [3.63, 3.8) is 0 Å². The van der Waals surface area contributed by atoms with Crippen LogP contribution in [-0.2, 0) is 17.8 Å².